The molecule has 0 aliphatic heterocycles. The molecule has 0 aliphatic rings. The lowest BCUT2D eigenvalue weighted by molar-refractivity contribution is -0.384. The fourth-order valence-corrected chi connectivity index (χ4v) is 3.95. The van der Waals surface area contributed by atoms with Gasteiger partial charge in [-0.15, -0.1) is 0 Å². The summed E-state index contributed by atoms with van der Waals surface area (Å²) in [6, 6.07) is 6.71. The van der Waals surface area contributed by atoms with Crippen LogP contribution in [0.3, 0.4) is 0 Å². The van der Waals surface area contributed by atoms with Gasteiger partial charge in [0.05, 0.1) is 24.2 Å². The zero-order valence-corrected chi connectivity index (χ0v) is 16.0. The average Bonchev–Trinajstić information content (AvgIpc) is 2.59. The van der Waals surface area contributed by atoms with E-state index in [4.69, 9.17) is 32.7 Å². The highest BCUT2D eigenvalue weighted by Gasteiger charge is 2.24. The van der Waals surface area contributed by atoms with E-state index in [-0.39, 0.29) is 16.6 Å². The van der Waals surface area contributed by atoms with Crippen molar-refractivity contribution in [3.63, 3.8) is 0 Å². The average molecular weight is 421 g/mol. The Bertz CT molecular complexity index is 949. The van der Waals surface area contributed by atoms with E-state index >= 15 is 0 Å². The number of nitrogens with zero attached hydrogens (tertiary/aromatic N) is 1. The van der Waals surface area contributed by atoms with Crippen LogP contribution in [-0.4, -0.2) is 27.6 Å². The molecule has 0 radical (unpaired) electrons. The number of rotatable bonds is 7. The number of nitrogens with one attached hydrogen (secondary N) is 1. The van der Waals surface area contributed by atoms with E-state index in [2.05, 4.69) is 4.72 Å². The number of nitro groups is 1. The Hall–Kier alpha value is -2.07. The van der Waals surface area contributed by atoms with Crippen LogP contribution in [0.15, 0.2) is 35.2 Å². The van der Waals surface area contributed by atoms with E-state index in [1.54, 1.807) is 18.2 Å². The molecule has 0 amide bonds. The molecule has 0 fully saturated rings. The summed E-state index contributed by atoms with van der Waals surface area (Å²) in [5.41, 5.74) is -0.0186. The van der Waals surface area contributed by atoms with Gasteiger partial charge < -0.3 is 9.47 Å². The van der Waals surface area contributed by atoms with Crippen molar-refractivity contribution in [2.45, 2.75) is 11.4 Å². The first-order valence-electron chi connectivity index (χ1n) is 7.03. The van der Waals surface area contributed by atoms with Gasteiger partial charge >= 0.3 is 0 Å². The summed E-state index contributed by atoms with van der Waals surface area (Å²) in [4.78, 5) is 9.74. The number of nitro benzene ring substituents is 1. The molecular formula is C15H14Cl2N2O6S. The molecule has 1 N–H and O–H groups in total. The maximum absolute atomic E-state index is 12.5. The molecular weight excluding hydrogens is 407 g/mol. The number of halogens is 2. The summed E-state index contributed by atoms with van der Waals surface area (Å²) in [6.07, 6.45) is 0. The Balaban J connectivity index is 2.33. The summed E-state index contributed by atoms with van der Waals surface area (Å²) in [6.45, 7) is -0.123. The van der Waals surface area contributed by atoms with Gasteiger partial charge in [-0.25, -0.2) is 13.1 Å². The zero-order chi connectivity index (χ0) is 19.5. The maximum atomic E-state index is 12.5. The number of benzene rings is 2. The van der Waals surface area contributed by atoms with Gasteiger partial charge in [0.15, 0.2) is 0 Å². The third-order valence-electron chi connectivity index (χ3n) is 3.43. The Morgan fingerprint density at radius 3 is 2.38 bits per heavy atom. The minimum absolute atomic E-state index is 0.123. The van der Waals surface area contributed by atoms with Crippen LogP contribution in [0.2, 0.25) is 10.0 Å². The maximum Gasteiger partial charge on any atom is 0.289 e. The number of hydrogen-bond acceptors (Lipinski definition) is 6. The van der Waals surface area contributed by atoms with Gasteiger partial charge in [0.25, 0.3) is 5.69 Å². The first kappa shape index (κ1) is 20.2. The predicted octanol–water partition coefficient (Wildman–Crippen LogP) is 3.40. The lowest BCUT2D eigenvalue weighted by Crippen LogP contribution is -2.24. The summed E-state index contributed by atoms with van der Waals surface area (Å²) in [5.74, 6) is 0.963. The van der Waals surface area contributed by atoms with Gasteiger partial charge in [0.2, 0.25) is 10.0 Å². The Labute approximate surface area is 159 Å². The molecule has 0 heterocycles. The van der Waals surface area contributed by atoms with E-state index in [1.165, 1.54) is 14.2 Å². The fraction of sp³-hybridized carbons (Fsp3) is 0.200. The number of ether oxygens (including phenoxy) is 2. The summed E-state index contributed by atoms with van der Waals surface area (Å²) in [7, 11) is -1.21. The minimum atomic E-state index is -4.13. The second-order valence-corrected chi connectivity index (χ2v) is 7.54. The summed E-state index contributed by atoms with van der Waals surface area (Å²) >= 11 is 11.6. The number of methoxy groups -OCH3 is 2. The molecule has 2 rings (SSSR count). The molecule has 2 aromatic rings. The second kappa shape index (κ2) is 8.09. The fourth-order valence-electron chi connectivity index (χ4n) is 2.11. The number of hydrogen-bond donors (Lipinski definition) is 1. The Kier molecular flexibility index (Phi) is 6.30. The number of sulfonamides is 1. The highest BCUT2D eigenvalue weighted by molar-refractivity contribution is 7.89. The van der Waals surface area contributed by atoms with E-state index in [1.807, 2.05) is 0 Å². The van der Waals surface area contributed by atoms with Crippen LogP contribution < -0.4 is 14.2 Å². The first-order valence-corrected chi connectivity index (χ1v) is 9.27. The van der Waals surface area contributed by atoms with E-state index in [0.29, 0.717) is 17.1 Å². The van der Waals surface area contributed by atoms with Gasteiger partial charge in [-0.2, -0.15) is 0 Å². The molecule has 0 aliphatic carbocycles. The lowest BCUT2D eigenvalue weighted by atomic mass is 10.2. The van der Waals surface area contributed by atoms with Gasteiger partial charge in [-0.1, -0.05) is 29.3 Å². The molecule has 0 unspecified atom stereocenters. The molecule has 0 aromatic heterocycles. The smallest absolute Gasteiger partial charge is 0.289 e. The molecule has 8 nitrogen and oxygen atoms in total. The topological polar surface area (TPSA) is 108 Å². The molecule has 0 saturated heterocycles. The molecule has 0 atom stereocenters. The van der Waals surface area contributed by atoms with Crippen LogP contribution in [0.4, 0.5) is 5.69 Å². The van der Waals surface area contributed by atoms with Crippen molar-refractivity contribution in [3.05, 3.63) is 56.1 Å². The van der Waals surface area contributed by atoms with Crippen molar-refractivity contribution in [1.29, 1.82) is 0 Å². The summed E-state index contributed by atoms with van der Waals surface area (Å²) in [5, 5.41) is 10.5. The van der Waals surface area contributed by atoms with Gasteiger partial charge in [-0.05, 0) is 12.1 Å². The molecule has 0 saturated carbocycles. The summed E-state index contributed by atoms with van der Waals surface area (Å²) < 4.78 is 37.6. The van der Waals surface area contributed by atoms with Crippen molar-refractivity contribution in [3.8, 4) is 11.5 Å². The van der Waals surface area contributed by atoms with Crippen molar-refractivity contribution < 1.29 is 22.8 Å². The quantitative estimate of drug-likeness (QED) is 0.542. The van der Waals surface area contributed by atoms with Crippen molar-refractivity contribution in [1.82, 2.24) is 4.72 Å². The standard InChI is InChI=1S/C15H14Cl2N2O6S/c1-24-10-4-3-9(14(5-10)25-2)8-18-26(22,23)15-7-13(19(20)21)11(16)6-12(15)17/h3-7,18H,8H2,1-2H3. The largest absolute Gasteiger partial charge is 0.497 e. The Morgan fingerprint density at radius 2 is 1.81 bits per heavy atom. The minimum Gasteiger partial charge on any atom is -0.497 e. The molecule has 0 bridgehead atoms. The van der Waals surface area contributed by atoms with Crippen LogP contribution in [0.25, 0.3) is 0 Å². The van der Waals surface area contributed by atoms with Crippen molar-refractivity contribution in [2.75, 3.05) is 14.2 Å². The monoisotopic (exact) mass is 420 g/mol. The van der Waals surface area contributed by atoms with Crippen molar-refractivity contribution in [2.24, 2.45) is 0 Å². The lowest BCUT2D eigenvalue weighted by Gasteiger charge is -2.12. The van der Waals surface area contributed by atoms with Crippen LogP contribution >= 0.6 is 23.2 Å². The molecule has 26 heavy (non-hydrogen) atoms. The third kappa shape index (κ3) is 4.36. The van der Waals surface area contributed by atoms with Crippen LogP contribution in [-0.2, 0) is 16.6 Å². The highest BCUT2D eigenvalue weighted by Crippen LogP contribution is 2.33. The molecule has 2 aromatic carbocycles. The van der Waals surface area contributed by atoms with Crippen LogP contribution in [0.1, 0.15) is 5.56 Å². The van der Waals surface area contributed by atoms with Crippen molar-refractivity contribution >= 4 is 38.9 Å². The highest BCUT2D eigenvalue weighted by atomic mass is 35.5. The van der Waals surface area contributed by atoms with Gasteiger partial charge in [-0.3, -0.25) is 10.1 Å². The van der Waals surface area contributed by atoms with Gasteiger partial charge in [0, 0.05) is 24.2 Å². The predicted molar refractivity (Wildman–Crippen MR) is 96.7 cm³/mol. The van der Waals surface area contributed by atoms with E-state index < -0.39 is 25.5 Å². The zero-order valence-electron chi connectivity index (χ0n) is 13.7. The third-order valence-corrected chi connectivity index (χ3v) is 5.60. The molecule has 0 spiro atoms. The normalized spacial score (nSPS) is 11.2. The molecule has 11 heteroatoms. The SMILES string of the molecule is COc1ccc(CNS(=O)(=O)c2cc([N+](=O)[O-])c(Cl)cc2Cl)c(OC)c1. The van der Waals surface area contributed by atoms with E-state index in [0.717, 1.165) is 12.1 Å². The first-order chi connectivity index (χ1) is 12.2. The van der Waals surface area contributed by atoms with E-state index in [9.17, 15) is 18.5 Å². The van der Waals surface area contributed by atoms with Gasteiger partial charge in [0.1, 0.15) is 21.4 Å². The second-order valence-electron chi connectivity index (χ2n) is 4.99. The molecule has 140 valence electrons. The van der Waals surface area contributed by atoms with Crippen LogP contribution in [0, 0.1) is 10.1 Å². The van der Waals surface area contributed by atoms with Crippen LogP contribution in [0.5, 0.6) is 11.5 Å². The Morgan fingerprint density at radius 1 is 1.12 bits per heavy atom.